The molecular formula is C28H35N5OS2. The Morgan fingerprint density at radius 3 is 2.50 bits per heavy atom. The van der Waals surface area contributed by atoms with Gasteiger partial charge in [0, 0.05) is 17.5 Å². The van der Waals surface area contributed by atoms with E-state index >= 15 is 0 Å². The summed E-state index contributed by atoms with van der Waals surface area (Å²) >= 11 is 2.92. The van der Waals surface area contributed by atoms with Gasteiger partial charge in [-0.15, -0.1) is 21.5 Å². The molecule has 1 unspecified atom stereocenters. The number of nitriles is 1. The van der Waals surface area contributed by atoms with Crippen LogP contribution in [0.3, 0.4) is 0 Å². The summed E-state index contributed by atoms with van der Waals surface area (Å²) in [4.78, 5) is 14.1. The molecule has 2 aromatic heterocycles. The molecule has 0 spiro atoms. The monoisotopic (exact) mass is 521 g/mol. The van der Waals surface area contributed by atoms with Gasteiger partial charge >= 0.3 is 0 Å². The average molecular weight is 522 g/mol. The van der Waals surface area contributed by atoms with Crippen LogP contribution >= 0.6 is 23.1 Å². The molecule has 190 valence electrons. The van der Waals surface area contributed by atoms with Crippen molar-refractivity contribution in [1.82, 2.24) is 14.8 Å². The molecule has 0 bridgehead atoms. The smallest absolute Gasteiger partial charge is 0.235 e. The molecule has 6 nitrogen and oxygen atoms in total. The second kappa shape index (κ2) is 10.0. The van der Waals surface area contributed by atoms with Crippen LogP contribution in [0.25, 0.3) is 11.4 Å². The fraction of sp³-hybridized carbons (Fsp3) is 0.500. The number of thioether (sulfide) groups is 1. The number of aromatic nitrogens is 3. The van der Waals surface area contributed by atoms with E-state index in [1.807, 2.05) is 11.6 Å². The van der Waals surface area contributed by atoms with Crippen molar-refractivity contribution >= 4 is 34.0 Å². The van der Waals surface area contributed by atoms with Crippen molar-refractivity contribution in [3.63, 3.8) is 0 Å². The highest BCUT2D eigenvalue weighted by Gasteiger charge is 2.32. The minimum Gasteiger partial charge on any atom is -0.316 e. The number of hydrogen-bond acceptors (Lipinski definition) is 6. The number of carbonyl (C=O) groups excluding carboxylic acids is 1. The lowest BCUT2D eigenvalue weighted by Gasteiger charge is -2.33. The van der Waals surface area contributed by atoms with Crippen LogP contribution in [0.2, 0.25) is 0 Å². The Kier molecular flexibility index (Phi) is 7.36. The second-order valence-electron chi connectivity index (χ2n) is 11.7. The number of thiophene rings is 1. The van der Waals surface area contributed by atoms with Crippen molar-refractivity contribution < 1.29 is 4.79 Å². The van der Waals surface area contributed by atoms with Crippen LogP contribution in [-0.4, -0.2) is 26.4 Å². The topological polar surface area (TPSA) is 83.6 Å². The molecule has 1 atom stereocenters. The third-order valence-electron chi connectivity index (χ3n) is 7.03. The van der Waals surface area contributed by atoms with E-state index in [1.54, 1.807) is 11.3 Å². The predicted octanol–water partition coefficient (Wildman–Crippen LogP) is 6.59. The number of fused-ring (bicyclic) bond motifs is 1. The van der Waals surface area contributed by atoms with Gasteiger partial charge in [0.15, 0.2) is 11.0 Å². The number of nitrogens with zero attached hydrogens (tertiary/aromatic N) is 4. The third-order valence-corrected chi connectivity index (χ3v) is 9.22. The van der Waals surface area contributed by atoms with Gasteiger partial charge in [0.05, 0.1) is 11.3 Å². The molecule has 4 rings (SSSR count). The molecule has 0 radical (unpaired) electrons. The predicted molar refractivity (Wildman–Crippen MR) is 148 cm³/mol. The van der Waals surface area contributed by atoms with E-state index in [-0.39, 0.29) is 22.5 Å². The maximum atomic E-state index is 12.8. The highest BCUT2D eigenvalue weighted by molar-refractivity contribution is 7.99. The zero-order valence-electron chi connectivity index (χ0n) is 22.2. The summed E-state index contributed by atoms with van der Waals surface area (Å²) in [7, 11) is 1.92. The number of benzene rings is 1. The van der Waals surface area contributed by atoms with E-state index in [9.17, 15) is 10.1 Å². The largest absolute Gasteiger partial charge is 0.316 e. The minimum absolute atomic E-state index is 0.0916. The lowest BCUT2D eigenvalue weighted by atomic mass is 9.72. The van der Waals surface area contributed by atoms with Crippen molar-refractivity contribution in [1.29, 1.82) is 5.26 Å². The SMILES string of the molecule is Cn1c(SCC(=O)Nc2sc3c(c2C#N)CCC(C(C)(C)C)C3)nnc1-c1ccc(C(C)(C)C)cc1. The number of nitrogens with one attached hydrogen (secondary N) is 1. The van der Waals surface area contributed by atoms with E-state index in [4.69, 9.17) is 0 Å². The normalized spacial score (nSPS) is 15.9. The van der Waals surface area contributed by atoms with Gasteiger partial charge in [-0.2, -0.15) is 5.26 Å². The fourth-order valence-corrected chi connectivity index (χ4v) is 6.64. The van der Waals surface area contributed by atoms with Gasteiger partial charge in [-0.25, -0.2) is 0 Å². The van der Waals surface area contributed by atoms with Gasteiger partial charge in [0.1, 0.15) is 11.1 Å². The second-order valence-corrected chi connectivity index (χ2v) is 13.7. The van der Waals surface area contributed by atoms with Crippen LogP contribution in [0.5, 0.6) is 0 Å². The van der Waals surface area contributed by atoms with Crippen LogP contribution in [0, 0.1) is 22.7 Å². The molecule has 2 heterocycles. The van der Waals surface area contributed by atoms with Gasteiger partial charge in [-0.05, 0) is 47.1 Å². The van der Waals surface area contributed by atoms with Gasteiger partial charge < -0.3 is 9.88 Å². The first-order chi connectivity index (χ1) is 16.9. The van der Waals surface area contributed by atoms with E-state index in [0.29, 0.717) is 21.6 Å². The van der Waals surface area contributed by atoms with E-state index < -0.39 is 0 Å². The van der Waals surface area contributed by atoms with Crippen LogP contribution in [0.15, 0.2) is 29.4 Å². The summed E-state index contributed by atoms with van der Waals surface area (Å²) in [6, 6.07) is 10.7. The summed E-state index contributed by atoms with van der Waals surface area (Å²) in [6.45, 7) is 13.4. The molecule has 0 saturated carbocycles. The number of rotatable bonds is 5. The molecule has 1 N–H and O–H groups in total. The number of amides is 1. The first-order valence-corrected chi connectivity index (χ1v) is 14.2. The molecule has 0 saturated heterocycles. The summed E-state index contributed by atoms with van der Waals surface area (Å²) in [5.41, 5.74) is 4.35. The van der Waals surface area contributed by atoms with Gasteiger partial charge in [-0.3, -0.25) is 4.79 Å². The van der Waals surface area contributed by atoms with Crippen molar-refractivity contribution in [2.24, 2.45) is 18.4 Å². The van der Waals surface area contributed by atoms with Crippen LogP contribution < -0.4 is 5.32 Å². The van der Waals surface area contributed by atoms with Gasteiger partial charge in [0.2, 0.25) is 5.91 Å². The quantitative estimate of drug-likeness (QED) is 0.383. The highest BCUT2D eigenvalue weighted by atomic mass is 32.2. The molecular weight excluding hydrogens is 486 g/mol. The minimum atomic E-state index is -0.137. The van der Waals surface area contributed by atoms with Crippen LogP contribution in [0.4, 0.5) is 5.00 Å². The van der Waals surface area contributed by atoms with Crippen molar-refractivity contribution in [3.05, 3.63) is 45.8 Å². The Bertz CT molecular complexity index is 1300. The molecule has 3 aromatic rings. The maximum absolute atomic E-state index is 12.8. The summed E-state index contributed by atoms with van der Waals surface area (Å²) in [6.07, 6.45) is 2.96. The molecule has 1 aliphatic rings. The Balaban J connectivity index is 1.42. The Morgan fingerprint density at radius 1 is 1.19 bits per heavy atom. The lowest BCUT2D eigenvalue weighted by Crippen LogP contribution is -2.26. The molecule has 1 amide bonds. The van der Waals surface area contributed by atoms with Gasteiger partial charge in [0.25, 0.3) is 0 Å². The molecule has 0 aliphatic heterocycles. The third kappa shape index (κ3) is 5.52. The number of carbonyl (C=O) groups is 1. The Hall–Kier alpha value is -2.63. The van der Waals surface area contributed by atoms with Crippen LogP contribution in [0.1, 0.15) is 69.5 Å². The van der Waals surface area contributed by atoms with Crippen molar-refractivity contribution in [3.8, 4) is 17.5 Å². The lowest BCUT2D eigenvalue weighted by molar-refractivity contribution is -0.113. The molecule has 0 fully saturated rings. The van der Waals surface area contributed by atoms with Crippen molar-refractivity contribution in [2.75, 3.05) is 11.1 Å². The Labute approximate surface area is 222 Å². The van der Waals surface area contributed by atoms with Gasteiger partial charge in [-0.1, -0.05) is 77.6 Å². The first kappa shape index (κ1) is 26.4. The average Bonchev–Trinajstić information content (AvgIpc) is 3.35. The summed E-state index contributed by atoms with van der Waals surface area (Å²) in [5, 5.41) is 22.8. The van der Waals surface area contributed by atoms with E-state index in [2.05, 4.69) is 87.4 Å². The molecule has 1 aliphatic carbocycles. The summed E-state index contributed by atoms with van der Waals surface area (Å²) in [5.74, 6) is 1.42. The number of hydrogen-bond donors (Lipinski definition) is 1. The highest BCUT2D eigenvalue weighted by Crippen LogP contribution is 2.44. The maximum Gasteiger partial charge on any atom is 0.235 e. The van der Waals surface area contributed by atoms with Crippen molar-refractivity contribution in [2.45, 2.75) is 71.4 Å². The fourth-order valence-electron chi connectivity index (χ4n) is 4.64. The zero-order valence-corrected chi connectivity index (χ0v) is 23.9. The zero-order chi connectivity index (χ0) is 26.3. The molecule has 36 heavy (non-hydrogen) atoms. The Morgan fingerprint density at radius 2 is 1.89 bits per heavy atom. The van der Waals surface area contributed by atoms with E-state index in [1.165, 1.54) is 22.2 Å². The van der Waals surface area contributed by atoms with Crippen LogP contribution in [-0.2, 0) is 30.1 Å². The molecule has 1 aromatic carbocycles. The standard InChI is InChI=1S/C28H35N5OS2/c1-27(2,3)18-10-8-17(9-11-18)24-31-32-26(33(24)7)35-16-23(34)30-25-21(15-29)20-13-12-19(28(4,5)6)14-22(20)36-25/h8-11,19H,12-14,16H2,1-7H3,(H,30,34). The van der Waals surface area contributed by atoms with E-state index in [0.717, 1.165) is 36.2 Å². The summed E-state index contributed by atoms with van der Waals surface area (Å²) < 4.78 is 1.92. The number of anilines is 1. The first-order valence-electron chi connectivity index (χ1n) is 12.4. The molecule has 8 heteroatoms.